The highest BCUT2D eigenvalue weighted by Crippen LogP contribution is 2.29. The summed E-state index contributed by atoms with van der Waals surface area (Å²) >= 11 is 0. The van der Waals surface area contributed by atoms with Gasteiger partial charge in [0.1, 0.15) is 0 Å². The van der Waals surface area contributed by atoms with Gasteiger partial charge in [-0.1, -0.05) is 5.21 Å². The van der Waals surface area contributed by atoms with Gasteiger partial charge in [0.05, 0.1) is 17.4 Å². The van der Waals surface area contributed by atoms with Gasteiger partial charge >= 0.3 is 0 Å². The highest BCUT2D eigenvalue weighted by molar-refractivity contribution is 5.18. The van der Waals surface area contributed by atoms with E-state index in [1.54, 1.807) is 0 Å². The van der Waals surface area contributed by atoms with Crippen molar-refractivity contribution in [3.63, 3.8) is 0 Å². The predicted molar refractivity (Wildman–Crippen MR) is 55.1 cm³/mol. The molecule has 0 aromatic carbocycles. The molecular formula is C10H18N4. The Balaban J connectivity index is 2.41. The minimum Gasteiger partial charge on any atom is -0.312 e. The van der Waals surface area contributed by atoms with Gasteiger partial charge in [-0.3, -0.25) is 0 Å². The first kappa shape index (κ1) is 9.65. The van der Waals surface area contributed by atoms with Crippen LogP contribution in [0.5, 0.6) is 0 Å². The number of hydrogen-bond donors (Lipinski definition) is 1. The largest absolute Gasteiger partial charge is 0.312 e. The molecule has 0 aliphatic heterocycles. The molecule has 1 unspecified atom stereocenters. The van der Waals surface area contributed by atoms with Gasteiger partial charge in [0, 0.05) is 6.04 Å². The second kappa shape index (κ2) is 3.69. The lowest BCUT2D eigenvalue weighted by atomic mass is 9.96. The summed E-state index contributed by atoms with van der Waals surface area (Å²) < 4.78 is 2.05. The topological polar surface area (TPSA) is 42.7 Å². The molecule has 0 fully saturated rings. The highest BCUT2D eigenvalue weighted by atomic mass is 15.4. The quantitative estimate of drug-likeness (QED) is 0.775. The van der Waals surface area contributed by atoms with Crippen LogP contribution in [0.25, 0.3) is 0 Å². The van der Waals surface area contributed by atoms with Gasteiger partial charge in [0.2, 0.25) is 0 Å². The lowest BCUT2D eigenvalue weighted by Crippen LogP contribution is -2.25. The second-order valence-electron chi connectivity index (χ2n) is 4.19. The summed E-state index contributed by atoms with van der Waals surface area (Å²) in [5, 5.41) is 11.8. The third-order valence-corrected chi connectivity index (χ3v) is 2.88. The van der Waals surface area contributed by atoms with E-state index >= 15 is 0 Å². The zero-order valence-electron chi connectivity index (χ0n) is 9.12. The van der Waals surface area contributed by atoms with Crippen molar-refractivity contribution in [2.45, 2.75) is 45.2 Å². The fourth-order valence-electron chi connectivity index (χ4n) is 2.15. The zero-order valence-corrected chi connectivity index (χ0v) is 9.12. The van der Waals surface area contributed by atoms with Crippen molar-refractivity contribution in [1.82, 2.24) is 20.3 Å². The molecule has 4 nitrogen and oxygen atoms in total. The smallest absolute Gasteiger partial charge is 0.0875 e. The molecule has 1 aromatic rings. The van der Waals surface area contributed by atoms with Crippen LogP contribution in [0.2, 0.25) is 0 Å². The lowest BCUT2D eigenvalue weighted by Gasteiger charge is -2.23. The van der Waals surface area contributed by atoms with E-state index in [0.717, 1.165) is 6.42 Å². The van der Waals surface area contributed by atoms with Crippen LogP contribution in [-0.2, 0) is 6.42 Å². The van der Waals surface area contributed by atoms with Crippen molar-refractivity contribution in [3.8, 4) is 0 Å². The van der Waals surface area contributed by atoms with E-state index in [4.69, 9.17) is 0 Å². The van der Waals surface area contributed by atoms with Crippen LogP contribution in [0, 0.1) is 0 Å². The van der Waals surface area contributed by atoms with Gasteiger partial charge in [-0.25, -0.2) is 4.68 Å². The van der Waals surface area contributed by atoms with Crippen molar-refractivity contribution in [3.05, 3.63) is 11.4 Å². The van der Waals surface area contributed by atoms with E-state index in [2.05, 4.69) is 34.2 Å². The van der Waals surface area contributed by atoms with Crippen molar-refractivity contribution in [2.75, 3.05) is 7.05 Å². The summed E-state index contributed by atoms with van der Waals surface area (Å²) in [5.74, 6) is 0. The Kier molecular flexibility index (Phi) is 2.54. The number of aryl methyl sites for hydroxylation is 1. The second-order valence-corrected chi connectivity index (χ2v) is 4.19. The number of fused-ring (bicyclic) bond motifs is 1. The molecule has 1 atom stereocenters. The Bertz CT molecular complexity index is 316. The molecule has 0 saturated carbocycles. The molecule has 78 valence electrons. The minimum absolute atomic E-state index is 0.403. The molecule has 0 spiro atoms. The van der Waals surface area contributed by atoms with Gasteiger partial charge < -0.3 is 5.32 Å². The first-order chi connectivity index (χ1) is 6.74. The predicted octanol–water partition coefficient (Wildman–Crippen LogP) is 1.46. The minimum atomic E-state index is 0.403. The Labute approximate surface area is 84.7 Å². The average Bonchev–Trinajstić information content (AvgIpc) is 2.60. The van der Waals surface area contributed by atoms with Crippen LogP contribution in [0.1, 0.15) is 50.2 Å². The van der Waals surface area contributed by atoms with Crippen LogP contribution >= 0.6 is 0 Å². The maximum Gasteiger partial charge on any atom is 0.0875 e. The van der Waals surface area contributed by atoms with Gasteiger partial charge in [-0.15, -0.1) is 5.10 Å². The maximum atomic E-state index is 4.25. The fourth-order valence-corrected chi connectivity index (χ4v) is 2.15. The Morgan fingerprint density at radius 3 is 2.93 bits per heavy atom. The third-order valence-electron chi connectivity index (χ3n) is 2.88. The molecule has 14 heavy (non-hydrogen) atoms. The molecule has 0 bridgehead atoms. The standard InChI is InChI=1S/C10H18N4/c1-7(2)14-10-8(11-3)5-4-6-9(10)12-13-14/h7-8,11H,4-6H2,1-3H3. The van der Waals surface area contributed by atoms with Crippen molar-refractivity contribution >= 4 is 0 Å². The van der Waals surface area contributed by atoms with E-state index in [0.29, 0.717) is 12.1 Å². The maximum absolute atomic E-state index is 4.25. The van der Waals surface area contributed by atoms with Crippen LogP contribution in [0.3, 0.4) is 0 Å². The SMILES string of the molecule is CNC1CCCc2nnn(C(C)C)c21. The summed E-state index contributed by atoms with van der Waals surface area (Å²) in [6.07, 6.45) is 3.50. The average molecular weight is 194 g/mol. The van der Waals surface area contributed by atoms with Gasteiger partial charge in [0.15, 0.2) is 0 Å². The number of rotatable bonds is 2. The monoisotopic (exact) mass is 194 g/mol. The molecule has 0 radical (unpaired) electrons. The number of nitrogens with zero attached hydrogens (tertiary/aromatic N) is 3. The number of nitrogens with one attached hydrogen (secondary N) is 1. The van der Waals surface area contributed by atoms with E-state index in [1.807, 2.05) is 7.05 Å². The number of hydrogen-bond acceptors (Lipinski definition) is 3. The number of aromatic nitrogens is 3. The van der Waals surface area contributed by atoms with Crippen molar-refractivity contribution in [2.24, 2.45) is 0 Å². The highest BCUT2D eigenvalue weighted by Gasteiger charge is 2.25. The third kappa shape index (κ3) is 1.43. The molecular weight excluding hydrogens is 176 g/mol. The van der Waals surface area contributed by atoms with E-state index in [-0.39, 0.29) is 0 Å². The summed E-state index contributed by atoms with van der Waals surface area (Å²) in [6.45, 7) is 4.30. The van der Waals surface area contributed by atoms with Crippen molar-refractivity contribution < 1.29 is 0 Å². The lowest BCUT2D eigenvalue weighted by molar-refractivity contribution is 0.421. The van der Waals surface area contributed by atoms with Gasteiger partial charge in [0.25, 0.3) is 0 Å². The van der Waals surface area contributed by atoms with E-state index in [1.165, 1.54) is 24.2 Å². The fraction of sp³-hybridized carbons (Fsp3) is 0.800. The summed E-state index contributed by atoms with van der Waals surface area (Å²) in [4.78, 5) is 0. The van der Waals surface area contributed by atoms with Crippen LogP contribution in [-0.4, -0.2) is 22.0 Å². The molecule has 0 amide bonds. The van der Waals surface area contributed by atoms with Crippen LogP contribution < -0.4 is 5.32 Å². The first-order valence-corrected chi connectivity index (χ1v) is 5.35. The summed E-state index contributed by atoms with van der Waals surface area (Å²) in [6, 6.07) is 0.844. The summed E-state index contributed by atoms with van der Waals surface area (Å²) in [5.41, 5.74) is 2.48. The van der Waals surface area contributed by atoms with Gasteiger partial charge in [-0.2, -0.15) is 0 Å². The molecule has 1 aliphatic rings. The van der Waals surface area contributed by atoms with Crippen LogP contribution in [0.4, 0.5) is 0 Å². The van der Waals surface area contributed by atoms with Crippen molar-refractivity contribution in [1.29, 1.82) is 0 Å². The molecule has 1 aromatic heterocycles. The Morgan fingerprint density at radius 2 is 2.29 bits per heavy atom. The van der Waals surface area contributed by atoms with Gasteiger partial charge in [-0.05, 0) is 40.2 Å². The molecule has 1 aliphatic carbocycles. The first-order valence-electron chi connectivity index (χ1n) is 5.35. The molecule has 1 heterocycles. The van der Waals surface area contributed by atoms with E-state index < -0.39 is 0 Å². The molecule has 2 rings (SSSR count). The normalized spacial score (nSPS) is 21.3. The summed E-state index contributed by atoms with van der Waals surface area (Å²) in [7, 11) is 2.01. The van der Waals surface area contributed by atoms with Crippen LogP contribution in [0.15, 0.2) is 0 Å². The van der Waals surface area contributed by atoms with E-state index in [9.17, 15) is 0 Å². The Hall–Kier alpha value is -0.900. The molecule has 4 heteroatoms. The molecule has 0 saturated heterocycles. The Morgan fingerprint density at radius 1 is 1.50 bits per heavy atom. The molecule has 1 N–H and O–H groups in total. The zero-order chi connectivity index (χ0) is 10.1.